The van der Waals surface area contributed by atoms with Gasteiger partial charge < -0.3 is 15.7 Å². The molecule has 0 saturated carbocycles. The lowest BCUT2D eigenvalue weighted by Crippen LogP contribution is -2.50. The van der Waals surface area contributed by atoms with Crippen molar-refractivity contribution in [2.75, 3.05) is 43.4 Å². The highest BCUT2D eigenvalue weighted by Crippen LogP contribution is 2.27. The third-order valence-electron chi connectivity index (χ3n) is 5.25. The fraction of sp³-hybridized carbons (Fsp3) is 0.409. The van der Waals surface area contributed by atoms with E-state index < -0.39 is 11.4 Å². The van der Waals surface area contributed by atoms with Gasteiger partial charge in [0.15, 0.2) is 0 Å². The Balaban J connectivity index is 1.70. The Bertz CT molecular complexity index is 781. The molecule has 2 aromatic carbocycles. The number of carboxylic acids is 1. The summed E-state index contributed by atoms with van der Waals surface area (Å²) in [6.45, 7) is 7.68. The largest absolute Gasteiger partial charge is 0.481 e. The fourth-order valence-electron chi connectivity index (χ4n) is 3.64. The molecule has 1 fully saturated rings. The second-order valence-electron chi connectivity index (χ2n) is 8.00. The molecule has 2 aromatic rings. The molecule has 5 nitrogen and oxygen atoms in total. The van der Waals surface area contributed by atoms with E-state index in [0.717, 1.165) is 38.3 Å². The van der Waals surface area contributed by atoms with Crippen molar-refractivity contribution in [3.8, 4) is 0 Å². The van der Waals surface area contributed by atoms with Gasteiger partial charge in [0.2, 0.25) is 0 Å². The van der Waals surface area contributed by atoms with E-state index in [1.54, 1.807) is 13.8 Å². The van der Waals surface area contributed by atoms with E-state index in [-0.39, 0.29) is 0 Å². The van der Waals surface area contributed by atoms with Gasteiger partial charge in [0, 0.05) is 44.1 Å². The summed E-state index contributed by atoms with van der Waals surface area (Å²) >= 11 is 0. The Morgan fingerprint density at radius 2 is 1.74 bits per heavy atom. The molecule has 0 aromatic heterocycles. The van der Waals surface area contributed by atoms with Gasteiger partial charge in [-0.1, -0.05) is 30.3 Å². The summed E-state index contributed by atoms with van der Waals surface area (Å²) in [5.74, 6) is -0.742. The van der Waals surface area contributed by atoms with Crippen molar-refractivity contribution in [3.05, 3.63) is 59.7 Å². The Hall–Kier alpha value is -2.53. The van der Waals surface area contributed by atoms with Crippen LogP contribution < -0.4 is 10.6 Å². The van der Waals surface area contributed by atoms with E-state index in [0.29, 0.717) is 6.54 Å². The summed E-state index contributed by atoms with van der Waals surface area (Å²) in [4.78, 5) is 16.0. The minimum atomic E-state index is -0.742. The van der Waals surface area contributed by atoms with Gasteiger partial charge in [0.05, 0.1) is 5.41 Å². The summed E-state index contributed by atoms with van der Waals surface area (Å²) in [6.07, 6.45) is 0.855. The van der Waals surface area contributed by atoms with Crippen LogP contribution in [-0.2, 0) is 11.2 Å². The maximum Gasteiger partial charge on any atom is 0.310 e. The predicted octanol–water partition coefficient (Wildman–Crippen LogP) is 3.09. The van der Waals surface area contributed by atoms with Crippen LogP contribution in [0.15, 0.2) is 48.5 Å². The van der Waals surface area contributed by atoms with Gasteiger partial charge in [-0.3, -0.25) is 9.69 Å². The number of benzene rings is 2. The molecule has 0 bridgehead atoms. The van der Waals surface area contributed by atoms with Crippen LogP contribution in [0.5, 0.6) is 0 Å². The number of carboxylic acid groups (broad SMARTS) is 1. The molecule has 1 saturated heterocycles. The van der Waals surface area contributed by atoms with Gasteiger partial charge in [-0.25, -0.2) is 0 Å². The molecule has 27 heavy (non-hydrogen) atoms. The van der Waals surface area contributed by atoms with Crippen LogP contribution in [0, 0.1) is 5.41 Å². The molecular formula is C22H29N3O2. The van der Waals surface area contributed by atoms with Crippen LogP contribution in [0.2, 0.25) is 0 Å². The van der Waals surface area contributed by atoms with Crippen LogP contribution in [0.25, 0.3) is 0 Å². The molecule has 5 heteroatoms. The number of nitrogens with zero attached hydrogens (tertiary/aromatic N) is 2. The smallest absolute Gasteiger partial charge is 0.310 e. The average molecular weight is 367 g/mol. The lowest BCUT2D eigenvalue weighted by Gasteiger charge is -2.39. The SMILES string of the molecule is CC(C)(CN1CCN(c2ccc(N)cc2Cc2ccccc2)CC1)C(=O)O. The standard InChI is InChI=1S/C22H29N3O2/c1-22(2,21(26)27)16-24-10-12-25(13-11-24)20-9-8-19(23)15-18(20)14-17-6-4-3-5-7-17/h3-9,15H,10-14,16,23H2,1-2H3,(H,26,27). The maximum absolute atomic E-state index is 11.4. The molecule has 0 amide bonds. The third-order valence-corrected chi connectivity index (χ3v) is 5.25. The number of aliphatic carboxylic acids is 1. The van der Waals surface area contributed by atoms with Gasteiger partial charge in [0.1, 0.15) is 0 Å². The zero-order valence-electron chi connectivity index (χ0n) is 16.2. The number of nitrogens with two attached hydrogens (primary N) is 1. The topological polar surface area (TPSA) is 69.8 Å². The number of hydrogen-bond donors (Lipinski definition) is 2. The predicted molar refractivity (Wildman–Crippen MR) is 110 cm³/mol. The first-order chi connectivity index (χ1) is 12.8. The fourth-order valence-corrected chi connectivity index (χ4v) is 3.64. The lowest BCUT2D eigenvalue weighted by atomic mass is 9.93. The van der Waals surface area contributed by atoms with Crippen molar-refractivity contribution in [1.82, 2.24) is 4.90 Å². The molecular weight excluding hydrogens is 338 g/mol. The van der Waals surface area contributed by atoms with Crippen LogP contribution in [0.4, 0.5) is 11.4 Å². The van der Waals surface area contributed by atoms with E-state index in [4.69, 9.17) is 5.73 Å². The van der Waals surface area contributed by atoms with E-state index in [1.807, 2.05) is 12.1 Å². The van der Waals surface area contributed by atoms with Crippen LogP contribution >= 0.6 is 0 Å². The van der Waals surface area contributed by atoms with Crippen LogP contribution in [0.3, 0.4) is 0 Å². The second kappa shape index (κ2) is 8.01. The number of anilines is 2. The maximum atomic E-state index is 11.4. The molecule has 0 atom stereocenters. The van der Waals surface area contributed by atoms with Crippen molar-refractivity contribution >= 4 is 17.3 Å². The first-order valence-corrected chi connectivity index (χ1v) is 9.48. The Morgan fingerprint density at radius 3 is 2.37 bits per heavy atom. The lowest BCUT2D eigenvalue weighted by molar-refractivity contribution is -0.148. The minimum absolute atomic E-state index is 0.578. The second-order valence-corrected chi connectivity index (χ2v) is 8.00. The van der Waals surface area contributed by atoms with E-state index >= 15 is 0 Å². The summed E-state index contributed by atoms with van der Waals surface area (Å²) in [7, 11) is 0. The van der Waals surface area contributed by atoms with Gasteiger partial charge in [-0.15, -0.1) is 0 Å². The summed E-state index contributed by atoms with van der Waals surface area (Å²) in [5, 5.41) is 9.36. The van der Waals surface area contributed by atoms with Crippen molar-refractivity contribution in [2.45, 2.75) is 20.3 Å². The normalized spacial score (nSPS) is 15.7. The van der Waals surface area contributed by atoms with Gasteiger partial charge in [-0.2, -0.15) is 0 Å². The summed E-state index contributed by atoms with van der Waals surface area (Å²) in [5.41, 5.74) is 9.84. The number of nitrogen functional groups attached to an aromatic ring is 1. The molecule has 0 radical (unpaired) electrons. The average Bonchev–Trinajstić information content (AvgIpc) is 2.63. The molecule has 1 aliphatic rings. The zero-order valence-corrected chi connectivity index (χ0v) is 16.2. The van der Waals surface area contributed by atoms with Crippen molar-refractivity contribution in [1.29, 1.82) is 0 Å². The molecule has 0 spiro atoms. The third kappa shape index (κ3) is 4.80. The van der Waals surface area contributed by atoms with Crippen LogP contribution in [0.1, 0.15) is 25.0 Å². The van der Waals surface area contributed by atoms with Gasteiger partial charge >= 0.3 is 5.97 Å². The highest BCUT2D eigenvalue weighted by molar-refractivity contribution is 5.73. The number of carbonyl (C=O) groups is 1. The highest BCUT2D eigenvalue weighted by Gasteiger charge is 2.31. The molecule has 1 heterocycles. The first-order valence-electron chi connectivity index (χ1n) is 9.48. The van der Waals surface area contributed by atoms with Crippen LogP contribution in [-0.4, -0.2) is 48.7 Å². The molecule has 144 valence electrons. The molecule has 1 aliphatic heterocycles. The van der Waals surface area contributed by atoms with Crippen molar-refractivity contribution < 1.29 is 9.90 Å². The van der Waals surface area contributed by atoms with Gasteiger partial charge in [0.25, 0.3) is 0 Å². The molecule has 3 N–H and O–H groups in total. The first kappa shape index (κ1) is 19.2. The Labute approximate surface area is 161 Å². The summed E-state index contributed by atoms with van der Waals surface area (Å²) in [6, 6.07) is 16.6. The zero-order chi connectivity index (χ0) is 19.4. The van der Waals surface area contributed by atoms with Crippen molar-refractivity contribution in [2.24, 2.45) is 5.41 Å². The monoisotopic (exact) mass is 367 g/mol. The number of hydrogen-bond acceptors (Lipinski definition) is 4. The number of piperazine rings is 1. The Kier molecular flexibility index (Phi) is 5.71. The Morgan fingerprint density at radius 1 is 1.07 bits per heavy atom. The highest BCUT2D eigenvalue weighted by atomic mass is 16.4. The van der Waals surface area contributed by atoms with Crippen molar-refractivity contribution in [3.63, 3.8) is 0 Å². The summed E-state index contributed by atoms with van der Waals surface area (Å²) < 4.78 is 0. The molecule has 0 unspecified atom stereocenters. The molecule has 0 aliphatic carbocycles. The quantitative estimate of drug-likeness (QED) is 0.768. The van der Waals surface area contributed by atoms with E-state index in [1.165, 1.54) is 16.8 Å². The number of rotatable bonds is 6. The van der Waals surface area contributed by atoms with Gasteiger partial charge in [-0.05, 0) is 49.6 Å². The van der Waals surface area contributed by atoms with E-state index in [2.05, 4.69) is 46.2 Å². The molecule has 3 rings (SSSR count). The van der Waals surface area contributed by atoms with E-state index in [9.17, 15) is 9.90 Å². The minimum Gasteiger partial charge on any atom is -0.481 e.